The number of halogens is 1. The molecule has 0 unspecified atom stereocenters. The Morgan fingerprint density at radius 1 is 1.62 bits per heavy atom. The van der Waals surface area contributed by atoms with Crippen LogP contribution in [0.3, 0.4) is 0 Å². The summed E-state index contributed by atoms with van der Waals surface area (Å²) in [6, 6.07) is 0. The maximum absolute atomic E-state index is 5.54. The molecule has 0 nitrogen and oxygen atoms in total. The van der Waals surface area contributed by atoms with Crippen molar-refractivity contribution in [3.63, 3.8) is 0 Å². The summed E-state index contributed by atoms with van der Waals surface area (Å²) < 4.78 is 0. The average Bonchev–Trinajstić information content (AvgIpc) is 1.66. The van der Waals surface area contributed by atoms with Gasteiger partial charge in [-0.15, -0.1) is 6.58 Å². The number of allylic oxidation sites excluding steroid dienone is 3. The smallest absolute Gasteiger partial charge is 0.0110 e. The van der Waals surface area contributed by atoms with Crippen molar-refractivity contribution in [2.24, 2.45) is 0 Å². The zero-order chi connectivity index (χ0) is 6.41. The summed E-state index contributed by atoms with van der Waals surface area (Å²) in [5, 5.41) is 0.867. The monoisotopic (exact) mass is 130 g/mol. The van der Waals surface area contributed by atoms with E-state index in [0.717, 1.165) is 17.9 Å². The molecule has 0 aliphatic carbocycles. The molecule has 0 rings (SSSR count). The molecule has 0 aromatic rings. The normalized spacial score (nSPS) is 11.5. The van der Waals surface area contributed by atoms with Gasteiger partial charge in [0, 0.05) is 5.03 Å². The van der Waals surface area contributed by atoms with Gasteiger partial charge in [-0.1, -0.05) is 23.8 Å². The summed E-state index contributed by atoms with van der Waals surface area (Å²) in [5.41, 5.74) is 0. The van der Waals surface area contributed by atoms with Crippen molar-refractivity contribution in [3.05, 3.63) is 23.8 Å². The van der Waals surface area contributed by atoms with Crippen LogP contribution in [0.4, 0.5) is 0 Å². The van der Waals surface area contributed by atoms with Crippen LogP contribution in [0.1, 0.15) is 19.8 Å². The van der Waals surface area contributed by atoms with Crippen LogP contribution in [0.5, 0.6) is 0 Å². The highest BCUT2D eigenvalue weighted by Crippen LogP contribution is 2.01. The maximum Gasteiger partial charge on any atom is 0.0110 e. The molecule has 0 fully saturated rings. The lowest BCUT2D eigenvalue weighted by Crippen LogP contribution is -1.63. The molecule has 0 aromatic carbocycles. The van der Waals surface area contributed by atoms with Crippen molar-refractivity contribution in [1.29, 1.82) is 0 Å². The molecule has 0 aliphatic heterocycles. The van der Waals surface area contributed by atoms with Gasteiger partial charge in [0.25, 0.3) is 0 Å². The van der Waals surface area contributed by atoms with Crippen molar-refractivity contribution in [2.75, 3.05) is 0 Å². The molecule has 0 aromatic heterocycles. The largest absolute Gasteiger partial charge is 0.103 e. The molecule has 46 valence electrons. The van der Waals surface area contributed by atoms with Gasteiger partial charge in [-0.25, -0.2) is 0 Å². The highest BCUT2D eigenvalue weighted by atomic mass is 35.5. The molecule has 0 heterocycles. The van der Waals surface area contributed by atoms with Gasteiger partial charge in [0.2, 0.25) is 0 Å². The minimum atomic E-state index is 0.867. The molecule has 1 heteroatoms. The van der Waals surface area contributed by atoms with Gasteiger partial charge in [0.05, 0.1) is 0 Å². The van der Waals surface area contributed by atoms with Crippen LogP contribution in [0, 0.1) is 0 Å². The van der Waals surface area contributed by atoms with Gasteiger partial charge in [0.1, 0.15) is 0 Å². The average molecular weight is 131 g/mol. The third-order valence-corrected chi connectivity index (χ3v) is 0.951. The Morgan fingerprint density at radius 3 is 2.62 bits per heavy atom. The van der Waals surface area contributed by atoms with E-state index in [1.54, 1.807) is 0 Å². The van der Waals surface area contributed by atoms with E-state index >= 15 is 0 Å². The van der Waals surface area contributed by atoms with Crippen LogP contribution in [-0.4, -0.2) is 0 Å². The highest BCUT2D eigenvalue weighted by molar-refractivity contribution is 6.29. The van der Waals surface area contributed by atoms with E-state index in [9.17, 15) is 0 Å². The Morgan fingerprint density at radius 2 is 2.25 bits per heavy atom. The predicted octanol–water partition coefficient (Wildman–Crippen LogP) is 3.10. The van der Waals surface area contributed by atoms with E-state index in [4.69, 9.17) is 11.6 Å². The molecule has 0 N–H and O–H groups in total. The summed E-state index contributed by atoms with van der Waals surface area (Å²) in [4.78, 5) is 0. The second-order valence-electron chi connectivity index (χ2n) is 1.66. The molecule has 8 heavy (non-hydrogen) atoms. The van der Waals surface area contributed by atoms with E-state index in [1.165, 1.54) is 0 Å². The second kappa shape index (κ2) is 4.92. The minimum absolute atomic E-state index is 0.867. The lowest BCUT2D eigenvalue weighted by atomic mass is 10.3. The molecule has 0 saturated carbocycles. The van der Waals surface area contributed by atoms with Crippen molar-refractivity contribution in [2.45, 2.75) is 19.8 Å². The molecule has 0 atom stereocenters. The van der Waals surface area contributed by atoms with Crippen LogP contribution in [0.2, 0.25) is 0 Å². The first-order valence-corrected chi connectivity index (χ1v) is 3.08. The maximum atomic E-state index is 5.54. The first kappa shape index (κ1) is 7.77. The molecule has 0 radical (unpaired) electrons. The van der Waals surface area contributed by atoms with E-state index < -0.39 is 0 Å². The van der Waals surface area contributed by atoms with E-state index in [1.807, 2.05) is 19.1 Å². The first-order valence-electron chi connectivity index (χ1n) is 2.70. The molecular formula is C7H11Cl. The van der Waals surface area contributed by atoms with E-state index in [2.05, 4.69) is 6.58 Å². The van der Waals surface area contributed by atoms with E-state index in [-0.39, 0.29) is 0 Å². The van der Waals surface area contributed by atoms with Crippen LogP contribution >= 0.6 is 11.6 Å². The molecule has 0 aliphatic rings. The summed E-state index contributed by atoms with van der Waals surface area (Å²) in [6.07, 6.45) is 5.91. The summed E-state index contributed by atoms with van der Waals surface area (Å²) in [6.45, 7) is 5.46. The standard InChI is InChI=1S/C7H11Cl/c1-3-4-5-6-7(2)8/h3,6H,1,4-5H2,2H3/b7-6-. The summed E-state index contributed by atoms with van der Waals surface area (Å²) >= 11 is 5.54. The second-order valence-corrected chi connectivity index (χ2v) is 2.25. The van der Waals surface area contributed by atoms with Crippen LogP contribution in [-0.2, 0) is 0 Å². The zero-order valence-electron chi connectivity index (χ0n) is 5.15. The molecule has 0 bridgehead atoms. The summed E-state index contributed by atoms with van der Waals surface area (Å²) in [5.74, 6) is 0. The van der Waals surface area contributed by atoms with Crippen LogP contribution in [0.15, 0.2) is 23.8 Å². The number of hydrogen-bond donors (Lipinski definition) is 0. The van der Waals surface area contributed by atoms with E-state index in [0.29, 0.717) is 0 Å². The third-order valence-electron chi connectivity index (χ3n) is 0.796. The SMILES string of the molecule is C=CCC/C=C(/C)Cl. The molecular weight excluding hydrogens is 120 g/mol. The zero-order valence-corrected chi connectivity index (χ0v) is 5.91. The molecule has 0 amide bonds. The number of unbranched alkanes of at least 4 members (excludes halogenated alkanes) is 1. The Bertz CT molecular complexity index is 88.6. The predicted molar refractivity (Wildman–Crippen MR) is 39.0 cm³/mol. The van der Waals surface area contributed by atoms with Gasteiger partial charge in [-0.3, -0.25) is 0 Å². The van der Waals surface area contributed by atoms with Crippen LogP contribution in [0.25, 0.3) is 0 Å². The van der Waals surface area contributed by atoms with Gasteiger partial charge in [0.15, 0.2) is 0 Å². The van der Waals surface area contributed by atoms with Crippen LogP contribution < -0.4 is 0 Å². The Labute approximate surface area is 55.9 Å². The highest BCUT2D eigenvalue weighted by Gasteiger charge is 1.77. The Balaban J connectivity index is 3.15. The number of hydrogen-bond acceptors (Lipinski definition) is 0. The Kier molecular flexibility index (Phi) is 4.78. The summed E-state index contributed by atoms with van der Waals surface area (Å²) in [7, 11) is 0. The fourth-order valence-corrected chi connectivity index (χ4v) is 0.509. The lowest BCUT2D eigenvalue weighted by Gasteiger charge is -1.84. The Hall–Kier alpha value is -0.230. The number of rotatable bonds is 3. The topological polar surface area (TPSA) is 0 Å². The molecule has 0 saturated heterocycles. The van der Waals surface area contributed by atoms with Crippen molar-refractivity contribution < 1.29 is 0 Å². The third kappa shape index (κ3) is 5.77. The van der Waals surface area contributed by atoms with Gasteiger partial charge in [-0.05, 0) is 19.8 Å². The first-order chi connectivity index (χ1) is 3.77. The lowest BCUT2D eigenvalue weighted by molar-refractivity contribution is 1.05. The van der Waals surface area contributed by atoms with Gasteiger partial charge >= 0.3 is 0 Å². The quantitative estimate of drug-likeness (QED) is 0.407. The minimum Gasteiger partial charge on any atom is -0.103 e. The van der Waals surface area contributed by atoms with Crippen molar-refractivity contribution in [3.8, 4) is 0 Å². The van der Waals surface area contributed by atoms with Gasteiger partial charge < -0.3 is 0 Å². The fourth-order valence-electron chi connectivity index (χ4n) is 0.400. The fraction of sp³-hybridized carbons (Fsp3) is 0.429. The van der Waals surface area contributed by atoms with Crippen molar-refractivity contribution in [1.82, 2.24) is 0 Å². The van der Waals surface area contributed by atoms with Gasteiger partial charge in [-0.2, -0.15) is 0 Å². The van der Waals surface area contributed by atoms with Crippen molar-refractivity contribution >= 4 is 11.6 Å². The molecule has 0 spiro atoms.